The smallest absolute Gasteiger partial charge is 0.242 e. The molecule has 1 atom stereocenters. The van der Waals surface area contributed by atoms with Crippen molar-refractivity contribution in [1.29, 1.82) is 5.26 Å². The first-order valence-corrected chi connectivity index (χ1v) is 10.4. The van der Waals surface area contributed by atoms with Crippen LogP contribution in [-0.2, 0) is 24.2 Å². The van der Waals surface area contributed by atoms with Crippen molar-refractivity contribution in [3.63, 3.8) is 0 Å². The lowest BCUT2D eigenvalue weighted by atomic mass is 10.1. The SMILES string of the molecule is C[C@H](C(=O)Nc1sc2c(c1C#N)CCCCC2)N(C)Cc1cccs1. The fraction of sp³-hybridized carbons (Fsp3) is 0.474. The average molecular weight is 374 g/mol. The Morgan fingerprint density at radius 1 is 1.40 bits per heavy atom. The van der Waals surface area contributed by atoms with Crippen LogP contribution in [0.2, 0.25) is 0 Å². The molecular formula is C19H23N3OS2. The zero-order valence-corrected chi connectivity index (χ0v) is 16.3. The van der Waals surface area contributed by atoms with E-state index >= 15 is 0 Å². The van der Waals surface area contributed by atoms with Crippen molar-refractivity contribution in [2.45, 2.75) is 51.6 Å². The number of amides is 1. The Balaban J connectivity index is 1.71. The molecule has 0 aromatic carbocycles. The van der Waals surface area contributed by atoms with Crippen LogP contribution in [0.15, 0.2) is 17.5 Å². The van der Waals surface area contributed by atoms with E-state index in [0.29, 0.717) is 5.56 Å². The van der Waals surface area contributed by atoms with E-state index in [9.17, 15) is 10.1 Å². The second-order valence-electron chi connectivity index (χ2n) is 6.54. The molecule has 132 valence electrons. The summed E-state index contributed by atoms with van der Waals surface area (Å²) in [7, 11) is 1.96. The number of nitrogens with zero attached hydrogens (tertiary/aromatic N) is 2. The molecule has 0 unspecified atom stereocenters. The first-order chi connectivity index (χ1) is 12.1. The molecule has 0 radical (unpaired) electrons. The second-order valence-corrected chi connectivity index (χ2v) is 8.68. The van der Waals surface area contributed by atoms with E-state index in [1.54, 1.807) is 22.7 Å². The van der Waals surface area contributed by atoms with Crippen molar-refractivity contribution in [1.82, 2.24) is 4.90 Å². The molecular weight excluding hydrogens is 350 g/mol. The Morgan fingerprint density at radius 2 is 2.20 bits per heavy atom. The minimum atomic E-state index is -0.254. The maximum Gasteiger partial charge on any atom is 0.242 e. The zero-order chi connectivity index (χ0) is 17.8. The molecule has 25 heavy (non-hydrogen) atoms. The average Bonchev–Trinajstić information content (AvgIpc) is 3.15. The van der Waals surface area contributed by atoms with E-state index < -0.39 is 0 Å². The molecule has 0 aliphatic heterocycles. The van der Waals surface area contributed by atoms with E-state index in [0.717, 1.165) is 30.8 Å². The van der Waals surface area contributed by atoms with Crippen LogP contribution >= 0.6 is 22.7 Å². The maximum absolute atomic E-state index is 12.7. The molecule has 2 heterocycles. The van der Waals surface area contributed by atoms with Gasteiger partial charge in [0.25, 0.3) is 0 Å². The van der Waals surface area contributed by atoms with Crippen molar-refractivity contribution in [2.24, 2.45) is 0 Å². The van der Waals surface area contributed by atoms with Gasteiger partial charge in [0.15, 0.2) is 0 Å². The van der Waals surface area contributed by atoms with Gasteiger partial charge < -0.3 is 5.32 Å². The predicted molar refractivity (Wildman–Crippen MR) is 104 cm³/mol. The van der Waals surface area contributed by atoms with Crippen molar-refractivity contribution in [2.75, 3.05) is 12.4 Å². The number of hydrogen-bond donors (Lipinski definition) is 1. The number of nitrogens with one attached hydrogen (secondary N) is 1. The lowest BCUT2D eigenvalue weighted by molar-refractivity contribution is -0.120. The molecule has 1 aliphatic rings. The molecule has 0 spiro atoms. The van der Waals surface area contributed by atoms with Crippen LogP contribution in [0.3, 0.4) is 0 Å². The highest BCUT2D eigenvalue weighted by Crippen LogP contribution is 2.37. The Kier molecular flexibility index (Phi) is 5.89. The summed E-state index contributed by atoms with van der Waals surface area (Å²) in [5.41, 5.74) is 1.85. The van der Waals surface area contributed by atoms with Gasteiger partial charge in [-0.25, -0.2) is 0 Å². The largest absolute Gasteiger partial charge is 0.315 e. The van der Waals surface area contributed by atoms with E-state index in [1.807, 2.05) is 30.3 Å². The number of carbonyl (C=O) groups is 1. The predicted octanol–water partition coefficient (Wildman–Crippen LogP) is 4.41. The summed E-state index contributed by atoms with van der Waals surface area (Å²) in [6, 6.07) is 6.17. The van der Waals surface area contributed by atoms with E-state index in [1.165, 1.54) is 28.2 Å². The highest BCUT2D eigenvalue weighted by atomic mass is 32.1. The molecule has 1 N–H and O–H groups in total. The fourth-order valence-electron chi connectivity index (χ4n) is 3.15. The summed E-state index contributed by atoms with van der Waals surface area (Å²) < 4.78 is 0. The Bertz CT molecular complexity index is 773. The van der Waals surface area contributed by atoms with Gasteiger partial charge >= 0.3 is 0 Å². The quantitative estimate of drug-likeness (QED) is 0.790. The first-order valence-electron chi connectivity index (χ1n) is 8.68. The van der Waals surface area contributed by atoms with Crippen LogP contribution in [0.5, 0.6) is 0 Å². The highest BCUT2D eigenvalue weighted by molar-refractivity contribution is 7.16. The van der Waals surface area contributed by atoms with Gasteiger partial charge in [-0.3, -0.25) is 9.69 Å². The fourth-order valence-corrected chi connectivity index (χ4v) is 5.16. The number of anilines is 1. The van der Waals surface area contributed by atoms with Gasteiger partial charge in [-0.1, -0.05) is 12.5 Å². The van der Waals surface area contributed by atoms with Crippen molar-refractivity contribution in [3.05, 3.63) is 38.4 Å². The van der Waals surface area contributed by atoms with E-state index in [-0.39, 0.29) is 11.9 Å². The highest BCUT2D eigenvalue weighted by Gasteiger charge is 2.24. The molecule has 2 aromatic heterocycles. The summed E-state index contributed by atoms with van der Waals surface area (Å²) in [4.78, 5) is 17.2. The third kappa shape index (κ3) is 4.12. The van der Waals surface area contributed by atoms with Gasteiger partial charge in [0.1, 0.15) is 11.1 Å². The molecule has 0 fully saturated rings. The van der Waals surface area contributed by atoms with Crippen LogP contribution in [0.25, 0.3) is 0 Å². The number of nitriles is 1. The molecule has 6 heteroatoms. The van der Waals surface area contributed by atoms with Crippen LogP contribution in [0.1, 0.15) is 47.1 Å². The van der Waals surface area contributed by atoms with Gasteiger partial charge in [-0.15, -0.1) is 22.7 Å². The Labute approximate surface area is 157 Å². The molecule has 1 aliphatic carbocycles. The third-order valence-electron chi connectivity index (χ3n) is 4.80. The number of likely N-dealkylation sites (N-methyl/N-ethyl adjacent to an activating group) is 1. The summed E-state index contributed by atoms with van der Waals surface area (Å²) in [5, 5.41) is 15.4. The Hall–Kier alpha value is -1.68. The van der Waals surface area contributed by atoms with Gasteiger partial charge in [0, 0.05) is 16.3 Å². The van der Waals surface area contributed by atoms with Crippen LogP contribution in [0.4, 0.5) is 5.00 Å². The monoisotopic (exact) mass is 373 g/mol. The standard InChI is InChI=1S/C19H23N3OS2/c1-13(22(2)12-14-7-6-10-24-14)18(23)21-19-16(11-20)15-8-4-3-5-9-17(15)25-19/h6-7,10,13H,3-5,8-9,12H2,1-2H3,(H,21,23)/t13-/m1/s1. The minimum Gasteiger partial charge on any atom is -0.315 e. The summed E-state index contributed by atoms with van der Waals surface area (Å²) in [6.45, 7) is 2.66. The molecule has 0 saturated heterocycles. The molecule has 4 nitrogen and oxygen atoms in total. The Morgan fingerprint density at radius 3 is 2.92 bits per heavy atom. The normalized spacial score (nSPS) is 15.3. The van der Waals surface area contributed by atoms with Crippen LogP contribution in [-0.4, -0.2) is 23.9 Å². The molecule has 2 aromatic rings. The van der Waals surface area contributed by atoms with Gasteiger partial charge in [0.2, 0.25) is 5.91 Å². The number of fused-ring (bicyclic) bond motifs is 1. The third-order valence-corrected chi connectivity index (χ3v) is 6.86. The molecule has 3 rings (SSSR count). The van der Waals surface area contributed by atoms with E-state index in [4.69, 9.17) is 0 Å². The topological polar surface area (TPSA) is 56.1 Å². The zero-order valence-electron chi connectivity index (χ0n) is 14.7. The van der Waals surface area contributed by atoms with Crippen LogP contribution in [0, 0.1) is 11.3 Å². The first kappa shape index (κ1) is 18.1. The number of aryl methyl sites for hydroxylation is 1. The number of rotatable bonds is 5. The van der Waals surface area contributed by atoms with Crippen molar-refractivity contribution < 1.29 is 4.79 Å². The number of thiophene rings is 2. The lowest BCUT2D eigenvalue weighted by Crippen LogP contribution is -2.39. The van der Waals surface area contributed by atoms with Crippen molar-refractivity contribution in [3.8, 4) is 6.07 Å². The van der Waals surface area contributed by atoms with Gasteiger partial charge in [0.05, 0.1) is 11.6 Å². The van der Waals surface area contributed by atoms with Crippen LogP contribution < -0.4 is 5.32 Å². The van der Waals surface area contributed by atoms with Crippen molar-refractivity contribution >= 4 is 33.6 Å². The molecule has 0 bridgehead atoms. The number of carbonyl (C=O) groups excluding carboxylic acids is 1. The minimum absolute atomic E-state index is 0.0491. The maximum atomic E-state index is 12.7. The summed E-state index contributed by atoms with van der Waals surface area (Å²) in [5.74, 6) is -0.0491. The van der Waals surface area contributed by atoms with Gasteiger partial charge in [-0.2, -0.15) is 5.26 Å². The molecule has 1 amide bonds. The molecule has 0 saturated carbocycles. The summed E-state index contributed by atoms with van der Waals surface area (Å²) in [6.07, 6.45) is 5.51. The van der Waals surface area contributed by atoms with E-state index in [2.05, 4.69) is 17.5 Å². The number of hydrogen-bond acceptors (Lipinski definition) is 5. The lowest BCUT2D eigenvalue weighted by Gasteiger charge is -2.23. The van der Waals surface area contributed by atoms with Gasteiger partial charge in [-0.05, 0) is 56.7 Å². The summed E-state index contributed by atoms with van der Waals surface area (Å²) >= 11 is 3.29. The second kappa shape index (κ2) is 8.13.